The molecule has 0 atom stereocenters. The number of nitrogens with two attached hydrogens (primary N) is 1. The summed E-state index contributed by atoms with van der Waals surface area (Å²) < 4.78 is 23.9. The van der Waals surface area contributed by atoms with Gasteiger partial charge in [0.15, 0.2) is 5.82 Å². The molecule has 0 aliphatic rings. The van der Waals surface area contributed by atoms with Crippen LogP contribution in [0.2, 0.25) is 5.02 Å². The van der Waals surface area contributed by atoms with Crippen LogP contribution in [0.1, 0.15) is 10.4 Å². The summed E-state index contributed by atoms with van der Waals surface area (Å²) in [6.07, 6.45) is 1.25. The van der Waals surface area contributed by atoms with Gasteiger partial charge < -0.3 is 15.2 Å². The first-order valence-corrected chi connectivity index (χ1v) is 5.85. The van der Waals surface area contributed by atoms with Crippen molar-refractivity contribution in [1.82, 2.24) is 4.98 Å². The topological polar surface area (TPSA) is 74.4 Å². The molecule has 7 heteroatoms. The van der Waals surface area contributed by atoms with Gasteiger partial charge in [-0.3, -0.25) is 4.79 Å². The second-order valence-corrected chi connectivity index (χ2v) is 4.24. The Hall–Kier alpha value is -2.34. The molecule has 0 fully saturated rings. The van der Waals surface area contributed by atoms with Gasteiger partial charge in [0.1, 0.15) is 11.5 Å². The molecule has 0 unspecified atom stereocenters. The molecule has 2 N–H and O–H groups in total. The van der Waals surface area contributed by atoms with E-state index in [1.54, 1.807) is 0 Å². The van der Waals surface area contributed by atoms with Crippen molar-refractivity contribution >= 4 is 17.5 Å². The van der Waals surface area contributed by atoms with Gasteiger partial charge in [-0.25, -0.2) is 9.37 Å². The van der Waals surface area contributed by atoms with Crippen molar-refractivity contribution in [2.75, 3.05) is 7.11 Å². The molecule has 1 amide bonds. The summed E-state index contributed by atoms with van der Waals surface area (Å²) in [5.74, 6) is -1.12. The van der Waals surface area contributed by atoms with E-state index in [0.717, 1.165) is 6.07 Å². The minimum absolute atomic E-state index is 0.151. The van der Waals surface area contributed by atoms with Gasteiger partial charge in [0.2, 0.25) is 5.91 Å². The monoisotopic (exact) mass is 296 g/mol. The highest BCUT2D eigenvalue weighted by atomic mass is 35.5. The number of hydrogen-bond donors (Lipinski definition) is 1. The lowest BCUT2D eigenvalue weighted by Crippen LogP contribution is -2.11. The van der Waals surface area contributed by atoms with Gasteiger partial charge in [-0.1, -0.05) is 11.6 Å². The van der Waals surface area contributed by atoms with Crippen LogP contribution in [0.4, 0.5) is 4.39 Å². The molecular formula is C13H10ClFN2O3. The lowest BCUT2D eigenvalue weighted by atomic mass is 10.2. The summed E-state index contributed by atoms with van der Waals surface area (Å²) in [6, 6.07) is 5.35. The summed E-state index contributed by atoms with van der Waals surface area (Å²) in [6.45, 7) is 0. The molecule has 1 heterocycles. The number of halogens is 2. The second-order valence-electron chi connectivity index (χ2n) is 3.80. The van der Waals surface area contributed by atoms with Gasteiger partial charge in [0, 0.05) is 17.8 Å². The number of methoxy groups -OCH3 is 1. The van der Waals surface area contributed by atoms with Gasteiger partial charge >= 0.3 is 0 Å². The van der Waals surface area contributed by atoms with Gasteiger partial charge in [-0.2, -0.15) is 0 Å². The van der Waals surface area contributed by atoms with Crippen LogP contribution in [0.25, 0.3) is 0 Å². The molecule has 2 rings (SSSR count). The highest BCUT2D eigenvalue weighted by Crippen LogP contribution is 2.28. The van der Waals surface area contributed by atoms with Crippen molar-refractivity contribution in [2.24, 2.45) is 5.73 Å². The highest BCUT2D eigenvalue weighted by molar-refractivity contribution is 6.30. The average molecular weight is 297 g/mol. The summed E-state index contributed by atoms with van der Waals surface area (Å²) in [5.41, 5.74) is 5.37. The molecule has 0 radical (unpaired) electrons. The van der Waals surface area contributed by atoms with Crippen molar-refractivity contribution in [3.63, 3.8) is 0 Å². The Morgan fingerprint density at radius 1 is 1.30 bits per heavy atom. The number of amides is 1. The first kappa shape index (κ1) is 14.1. The SMILES string of the molecule is COc1cc(Oc2ncc(Cl)cc2F)cc(C(N)=O)c1. The molecule has 0 saturated carbocycles. The molecule has 1 aromatic heterocycles. The Balaban J connectivity index is 2.37. The maximum absolute atomic E-state index is 13.6. The first-order chi connectivity index (χ1) is 9.49. The number of carbonyl (C=O) groups is 1. The van der Waals surface area contributed by atoms with Crippen molar-refractivity contribution < 1.29 is 18.7 Å². The zero-order chi connectivity index (χ0) is 14.7. The Morgan fingerprint density at radius 3 is 2.60 bits per heavy atom. The predicted molar refractivity (Wildman–Crippen MR) is 70.8 cm³/mol. The zero-order valence-corrected chi connectivity index (χ0v) is 11.1. The third kappa shape index (κ3) is 3.16. The number of aromatic nitrogens is 1. The van der Waals surface area contributed by atoms with Crippen molar-refractivity contribution in [1.29, 1.82) is 0 Å². The fourth-order valence-corrected chi connectivity index (χ4v) is 1.62. The Bertz CT molecular complexity index is 664. The van der Waals surface area contributed by atoms with Gasteiger partial charge in [-0.15, -0.1) is 0 Å². The van der Waals surface area contributed by atoms with E-state index in [-0.39, 0.29) is 22.2 Å². The highest BCUT2D eigenvalue weighted by Gasteiger charge is 2.11. The molecule has 0 saturated heterocycles. The number of rotatable bonds is 4. The molecule has 5 nitrogen and oxygen atoms in total. The average Bonchev–Trinajstić information content (AvgIpc) is 2.41. The van der Waals surface area contributed by atoms with E-state index in [1.165, 1.54) is 31.5 Å². The molecule has 1 aromatic carbocycles. The minimum atomic E-state index is -0.721. The largest absolute Gasteiger partial charge is 0.497 e. The van der Waals surface area contributed by atoms with Crippen molar-refractivity contribution in [3.05, 3.63) is 46.9 Å². The number of carbonyl (C=O) groups excluding carboxylic acids is 1. The van der Waals surface area contributed by atoms with E-state index < -0.39 is 11.7 Å². The van der Waals surface area contributed by atoms with E-state index in [9.17, 15) is 9.18 Å². The number of hydrogen-bond acceptors (Lipinski definition) is 4. The third-order valence-electron chi connectivity index (χ3n) is 2.39. The molecule has 0 spiro atoms. The normalized spacial score (nSPS) is 10.2. The Kier molecular flexibility index (Phi) is 4.05. The van der Waals surface area contributed by atoms with Gasteiger partial charge in [0.25, 0.3) is 5.88 Å². The number of ether oxygens (including phenoxy) is 2. The number of benzene rings is 1. The van der Waals surface area contributed by atoms with Crippen LogP contribution in [0, 0.1) is 5.82 Å². The number of primary amides is 1. The molecule has 2 aromatic rings. The van der Waals surface area contributed by atoms with E-state index >= 15 is 0 Å². The summed E-state index contributed by atoms with van der Waals surface area (Å²) >= 11 is 5.60. The van der Waals surface area contributed by atoms with Crippen LogP contribution >= 0.6 is 11.6 Å². The lowest BCUT2D eigenvalue weighted by molar-refractivity contribution is 0.0999. The molecule has 20 heavy (non-hydrogen) atoms. The first-order valence-electron chi connectivity index (χ1n) is 5.47. The number of nitrogens with zero attached hydrogens (tertiary/aromatic N) is 1. The van der Waals surface area contributed by atoms with Crippen LogP contribution < -0.4 is 15.2 Å². The predicted octanol–water partition coefficient (Wildman–Crippen LogP) is 2.77. The van der Waals surface area contributed by atoms with Crippen molar-refractivity contribution in [2.45, 2.75) is 0 Å². The standard InChI is InChI=1S/C13H10ClFN2O3/c1-19-9-2-7(12(16)18)3-10(5-9)20-13-11(15)4-8(14)6-17-13/h2-6H,1H3,(H2,16,18). The number of pyridine rings is 1. The fourth-order valence-electron chi connectivity index (χ4n) is 1.48. The van der Waals surface area contributed by atoms with Gasteiger partial charge in [-0.05, 0) is 18.2 Å². The van der Waals surface area contributed by atoms with Crippen LogP contribution in [0.3, 0.4) is 0 Å². The third-order valence-corrected chi connectivity index (χ3v) is 2.60. The van der Waals surface area contributed by atoms with Crippen LogP contribution in [-0.4, -0.2) is 18.0 Å². The maximum Gasteiger partial charge on any atom is 0.255 e. The lowest BCUT2D eigenvalue weighted by Gasteiger charge is -2.09. The second kappa shape index (κ2) is 5.75. The van der Waals surface area contributed by atoms with E-state index in [1.807, 2.05) is 0 Å². The fraction of sp³-hybridized carbons (Fsp3) is 0.0769. The quantitative estimate of drug-likeness (QED) is 0.941. The van der Waals surface area contributed by atoms with Crippen LogP contribution in [0.15, 0.2) is 30.5 Å². The van der Waals surface area contributed by atoms with Gasteiger partial charge in [0.05, 0.1) is 12.1 Å². The molecule has 104 valence electrons. The van der Waals surface area contributed by atoms with E-state index in [2.05, 4.69) is 4.98 Å². The minimum Gasteiger partial charge on any atom is -0.497 e. The van der Waals surface area contributed by atoms with E-state index in [4.69, 9.17) is 26.8 Å². The smallest absolute Gasteiger partial charge is 0.255 e. The molecule has 0 aliphatic carbocycles. The molecular weight excluding hydrogens is 287 g/mol. The summed E-state index contributed by atoms with van der Waals surface area (Å²) in [4.78, 5) is 14.9. The summed E-state index contributed by atoms with van der Waals surface area (Å²) in [5, 5.41) is 0.151. The zero-order valence-electron chi connectivity index (χ0n) is 10.4. The Morgan fingerprint density at radius 2 is 2.00 bits per heavy atom. The van der Waals surface area contributed by atoms with Crippen LogP contribution in [0.5, 0.6) is 17.4 Å². The van der Waals surface area contributed by atoms with Crippen LogP contribution in [-0.2, 0) is 0 Å². The molecule has 0 aliphatic heterocycles. The Labute approximate surface area is 119 Å². The van der Waals surface area contributed by atoms with E-state index in [0.29, 0.717) is 5.75 Å². The maximum atomic E-state index is 13.6. The summed E-state index contributed by atoms with van der Waals surface area (Å²) in [7, 11) is 1.42. The molecule has 0 bridgehead atoms. The van der Waals surface area contributed by atoms with Crippen molar-refractivity contribution in [3.8, 4) is 17.4 Å².